The van der Waals surface area contributed by atoms with Crippen LogP contribution in [0.25, 0.3) is 15.7 Å². The van der Waals surface area contributed by atoms with E-state index in [1.54, 1.807) is 0 Å². The molecule has 3 rings (SSSR count). The van der Waals surface area contributed by atoms with Crippen LogP contribution in [0.5, 0.6) is 5.75 Å². The molecule has 0 atom stereocenters. The second-order valence-corrected chi connectivity index (χ2v) is 5.05. The summed E-state index contributed by atoms with van der Waals surface area (Å²) in [6.45, 7) is 0.714. The van der Waals surface area contributed by atoms with E-state index in [-0.39, 0.29) is 0 Å². The molecule has 0 saturated carbocycles. The van der Waals surface area contributed by atoms with Gasteiger partial charge in [-0.3, -0.25) is 0 Å². The van der Waals surface area contributed by atoms with Gasteiger partial charge in [-0.05, 0) is 0 Å². The molecule has 1 aromatic carbocycles. The van der Waals surface area contributed by atoms with Crippen LogP contribution in [0.4, 0.5) is 0 Å². The summed E-state index contributed by atoms with van der Waals surface area (Å²) in [4.78, 5) is 2.26. The van der Waals surface area contributed by atoms with Crippen LogP contribution in [0.1, 0.15) is 5.56 Å². The van der Waals surface area contributed by atoms with Gasteiger partial charge in [-0.1, -0.05) is 0 Å². The van der Waals surface area contributed by atoms with Gasteiger partial charge in [0.15, 0.2) is 0 Å². The molecular formula is C11H8OSe. The fourth-order valence-corrected chi connectivity index (χ4v) is 3.25. The van der Waals surface area contributed by atoms with Crippen molar-refractivity contribution in [1.29, 1.82) is 0 Å². The van der Waals surface area contributed by atoms with Crippen molar-refractivity contribution < 1.29 is 4.74 Å². The second kappa shape index (κ2) is 2.76. The normalized spacial score (nSPS) is 14.2. The first-order valence-corrected chi connectivity index (χ1v) is 6.09. The number of ether oxygens (including phenoxy) is 1. The van der Waals surface area contributed by atoms with Crippen LogP contribution < -0.4 is 4.74 Å². The van der Waals surface area contributed by atoms with Crippen molar-refractivity contribution >= 4 is 30.2 Å². The van der Waals surface area contributed by atoms with Gasteiger partial charge in [0, 0.05) is 0 Å². The number of rotatable bonds is 0. The fraction of sp³-hybridized carbons (Fsp3) is 0.0909. The van der Waals surface area contributed by atoms with Crippen LogP contribution in [0.2, 0.25) is 0 Å². The number of hydrogen-bond donors (Lipinski definition) is 0. The van der Waals surface area contributed by atoms with Gasteiger partial charge in [0.25, 0.3) is 0 Å². The minimum absolute atomic E-state index is 0.523. The van der Waals surface area contributed by atoms with Crippen LogP contribution >= 0.6 is 0 Å². The van der Waals surface area contributed by atoms with E-state index in [2.05, 4.69) is 35.3 Å². The van der Waals surface area contributed by atoms with E-state index in [0.29, 0.717) is 21.1 Å². The third kappa shape index (κ3) is 1.14. The molecule has 2 heteroatoms. The van der Waals surface area contributed by atoms with E-state index >= 15 is 0 Å². The molecule has 1 aliphatic heterocycles. The molecule has 0 amide bonds. The predicted molar refractivity (Wildman–Crippen MR) is 55.4 cm³/mol. The van der Waals surface area contributed by atoms with E-state index in [1.165, 1.54) is 15.2 Å². The minimum atomic E-state index is 0.523. The predicted octanol–water partition coefficient (Wildman–Crippen LogP) is 2.30. The monoisotopic (exact) mass is 236 g/mol. The first-order chi connectivity index (χ1) is 6.43. The maximum absolute atomic E-state index is 5.54. The molecule has 2 aromatic rings. The van der Waals surface area contributed by atoms with E-state index in [9.17, 15) is 0 Å². The molecule has 1 aliphatic rings. The second-order valence-electron chi connectivity index (χ2n) is 3.06. The van der Waals surface area contributed by atoms with Gasteiger partial charge < -0.3 is 0 Å². The van der Waals surface area contributed by atoms with E-state index in [1.807, 2.05) is 0 Å². The Balaban J connectivity index is 2.36. The Labute approximate surface area is 82.4 Å². The Bertz CT molecular complexity index is 482. The number of fused-ring (bicyclic) bond motifs is 2. The molecule has 0 unspecified atom stereocenters. The number of benzene rings is 1. The number of hydrogen-bond acceptors (Lipinski definition) is 1. The summed E-state index contributed by atoms with van der Waals surface area (Å²) in [6.07, 6.45) is 4.19. The van der Waals surface area contributed by atoms with Crippen LogP contribution in [-0.2, 0) is 0 Å². The van der Waals surface area contributed by atoms with E-state index < -0.39 is 0 Å². The average Bonchev–Trinajstić information content (AvgIpc) is 2.61. The zero-order valence-corrected chi connectivity index (χ0v) is 8.70. The summed E-state index contributed by atoms with van der Waals surface area (Å²) >= 11 is 0.523. The molecule has 1 aromatic heterocycles. The molecule has 2 heterocycles. The van der Waals surface area contributed by atoms with Gasteiger partial charge in [-0.15, -0.1) is 0 Å². The van der Waals surface area contributed by atoms with Crippen LogP contribution in [0.3, 0.4) is 0 Å². The summed E-state index contributed by atoms with van der Waals surface area (Å²) in [7, 11) is 0. The van der Waals surface area contributed by atoms with Gasteiger partial charge in [-0.25, -0.2) is 0 Å². The van der Waals surface area contributed by atoms with Gasteiger partial charge in [0.1, 0.15) is 0 Å². The van der Waals surface area contributed by atoms with Crippen molar-refractivity contribution in [3.05, 3.63) is 34.8 Å². The van der Waals surface area contributed by atoms with Gasteiger partial charge in [0.05, 0.1) is 0 Å². The first-order valence-electron chi connectivity index (χ1n) is 4.24. The third-order valence-corrected chi connectivity index (χ3v) is 4.06. The van der Waals surface area contributed by atoms with Gasteiger partial charge in [0.2, 0.25) is 0 Å². The molecule has 64 valence electrons. The summed E-state index contributed by atoms with van der Waals surface area (Å²) < 4.78 is 6.99. The third-order valence-electron chi connectivity index (χ3n) is 2.22. The van der Waals surface area contributed by atoms with Crippen molar-refractivity contribution in [1.82, 2.24) is 0 Å². The van der Waals surface area contributed by atoms with Gasteiger partial charge >= 0.3 is 82.1 Å². The summed E-state index contributed by atoms with van der Waals surface area (Å²) in [5.74, 6) is 1.05. The zero-order chi connectivity index (χ0) is 8.67. The Hall–Kier alpha value is -0.981. The Morgan fingerprint density at radius 3 is 3.31 bits per heavy atom. The van der Waals surface area contributed by atoms with E-state index in [0.717, 1.165) is 5.75 Å². The van der Waals surface area contributed by atoms with Crippen LogP contribution in [-0.4, -0.2) is 21.1 Å². The summed E-state index contributed by atoms with van der Waals surface area (Å²) in [5, 5.41) is 1.37. The molecule has 0 saturated heterocycles. The molecule has 0 fully saturated rings. The standard InChI is InChI=1S/C11H8OSe/c1-2-8-6-9-3-5-13-11(9)7-10(8)12-4-1/h1-3,5-7H,4H2. The topological polar surface area (TPSA) is 9.23 Å². The molecule has 0 bridgehead atoms. The molecule has 0 radical (unpaired) electrons. The molecule has 0 aliphatic carbocycles. The van der Waals surface area contributed by atoms with Crippen molar-refractivity contribution in [3.8, 4) is 5.75 Å². The molecular weight excluding hydrogens is 227 g/mol. The SMILES string of the molecule is C1=Cc2cc3cc[se]c3cc2OC1. The Morgan fingerprint density at radius 2 is 2.31 bits per heavy atom. The van der Waals surface area contributed by atoms with Crippen molar-refractivity contribution in [2.24, 2.45) is 0 Å². The molecule has 1 nitrogen and oxygen atoms in total. The zero-order valence-electron chi connectivity index (χ0n) is 6.99. The summed E-state index contributed by atoms with van der Waals surface area (Å²) in [5.41, 5.74) is 1.22. The molecule has 0 spiro atoms. The van der Waals surface area contributed by atoms with E-state index in [4.69, 9.17) is 4.74 Å². The van der Waals surface area contributed by atoms with Crippen molar-refractivity contribution in [2.45, 2.75) is 0 Å². The van der Waals surface area contributed by atoms with Crippen LogP contribution in [0.15, 0.2) is 29.2 Å². The van der Waals surface area contributed by atoms with Gasteiger partial charge in [-0.2, -0.15) is 0 Å². The molecule has 13 heavy (non-hydrogen) atoms. The Kier molecular flexibility index (Phi) is 1.58. The van der Waals surface area contributed by atoms with Crippen molar-refractivity contribution in [3.63, 3.8) is 0 Å². The quantitative estimate of drug-likeness (QED) is 0.636. The average molecular weight is 235 g/mol. The Morgan fingerprint density at radius 1 is 1.31 bits per heavy atom. The first kappa shape index (κ1) is 7.43. The van der Waals surface area contributed by atoms with Crippen molar-refractivity contribution in [2.75, 3.05) is 6.61 Å². The summed E-state index contributed by atoms with van der Waals surface area (Å²) in [6, 6.07) is 6.61. The molecule has 0 N–H and O–H groups in total. The maximum atomic E-state index is 5.54. The van der Waals surface area contributed by atoms with Crippen LogP contribution in [0, 0.1) is 0 Å². The fourth-order valence-electron chi connectivity index (χ4n) is 1.58.